The smallest absolute Gasteiger partial charge is 0.258 e. The van der Waals surface area contributed by atoms with Crippen molar-refractivity contribution in [2.24, 2.45) is 0 Å². The molecule has 4 heteroatoms. The molecule has 2 aromatic carbocycles. The van der Waals surface area contributed by atoms with Gasteiger partial charge in [0.2, 0.25) is 0 Å². The van der Waals surface area contributed by atoms with E-state index in [-0.39, 0.29) is 17.7 Å². The Morgan fingerprint density at radius 2 is 1.80 bits per heavy atom. The lowest BCUT2D eigenvalue weighted by molar-refractivity contribution is 0.0646. The molecule has 1 N–H and O–H groups in total. The average molecular weight is 335 g/mol. The predicted octanol–water partition coefficient (Wildman–Crippen LogP) is 4.72. The number of amides is 1. The first-order valence-electron chi connectivity index (χ1n) is 8.77. The van der Waals surface area contributed by atoms with E-state index in [0.717, 1.165) is 42.2 Å². The summed E-state index contributed by atoms with van der Waals surface area (Å²) in [5, 5.41) is 12.3. The van der Waals surface area contributed by atoms with Crippen LogP contribution in [-0.4, -0.2) is 22.0 Å². The Morgan fingerprint density at radius 1 is 1.08 bits per heavy atom. The van der Waals surface area contributed by atoms with Crippen molar-refractivity contribution in [3.8, 4) is 5.75 Å². The number of phenols is 1. The lowest BCUT2D eigenvalue weighted by Crippen LogP contribution is -2.38. The van der Waals surface area contributed by atoms with Gasteiger partial charge in [0.25, 0.3) is 5.91 Å². The first-order chi connectivity index (χ1) is 12.2. The molecular formula is C21H21NO3. The molecule has 1 aromatic heterocycles. The molecule has 0 atom stereocenters. The van der Waals surface area contributed by atoms with Gasteiger partial charge < -0.3 is 14.4 Å². The van der Waals surface area contributed by atoms with Crippen LogP contribution in [-0.2, 0) is 6.54 Å². The maximum absolute atomic E-state index is 13.2. The lowest BCUT2D eigenvalue weighted by atomic mass is 10.0. The molecule has 128 valence electrons. The molecule has 1 heterocycles. The van der Waals surface area contributed by atoms with Crippen LogP contribution < -0.4 is 0 Å². The van der Waals surface area contributed by atoms with Crippen LogP contribution in [0.5, 0.6) is 5.75 Å². The maximum Gasteiger partial charge on any atom is 0.258 e. The number of carbonyl (C=O) groups is 1. The summed E-state index contributed by atoms with van der Waals surface area (Å²) >= 11 is 0. The maximum atomic E-state index is 13.2. The summed E-state index contributed by atoms with van der Waals surface area (Å²) in [6, 6.07) is 15.1. The number of benzene rings is 2. The van der Waals surface area contributed by atoms with E-state index < -0.39 is 0 Å². The zero-order valence-electron chi connectivity index (χ0n) is 14.0. The van der Waals surface area contributed by atoms with Crippen LogP contribution in [0, 0.1) is 0 Å². The summed E-state index contributed by atoms with van der Waals surface area (Å²) in [5.41, 5.74) is 0.358. The average Bonchev–Trinajstić information content (AvgIpc) is 3.32. The molecule has 1 fully saturated rings. The molecular weight excluding hydrogens is 314 g/mol. The second-order valence-corrected chi connectivity index (χ2v) is 6.67. The first-order valence-corrected chi connectivity index (χ1v) is 8.77. The summed E-state index contributed by atoms with van der Waals surface area (Å²) in [5.74, 6) is 0.665. The van der Waals surface area contributed by atoms with Crippen LogP contribution >= 0.6 is 0 Å². The van der Waals surface area contributed by atoms with Gasteiger partial charge in [-0.15, -0.1) is 0 Å². The summed E-state index contributed by atoms with van der Waals surface area (Å²) in [6.07, 6.45) is 5.90. The summed E-state index contributed by atoms with van der Waals surface area (Å²) in [7, 11) is 0. The van der Waals surface area contributed by atoms with Crippen LogP contribution in [0.15, 0.2) is 59.2 Å². The molecule has 0 radical (unpaired) electrons. The molecule has 1 aliphatic carbocycles. The van der Waals surface area contributed by atoms with E-state index in [0.29, 0.717) is 12.1 Å². The third kappa shape index (κ3) is 3.12. The van der Waals surface area contributed by atoms with Gasteiger partial charge in [0.15, 0.2) is 0 Å². The SMILES string of the molecule is O=C(c1cc2ccccc2cc1O)N(Cc1ccco1)C1CCCC1. The normalized spacial score (nSPS) is 14.9. The third-order valence-corrected chi connectivity index (χ3v) is 5.03. The largest absolute Gasteiger partial charge is 0.507 e. The van der Waals surface area contributed by atoms with Crippen molar-refractivity contribution in [3.63, 3.8) is 0 Å². The number of rotatable bonds is 4. The third-order valence-electron chi connectivity index (χ3n) is 5.03. The highest BCUT2D eigenvalue weighted by Gasteiger charge is 2.29. The van der Waals surface area contributed by atoms with Crippen LogP contribution in [0.1, 0.15) is 41.8 Å². The van der Waals surface area contributed by atoms with Gasteiger partial charge in [0.1, 0.15) is 11.5 Å². The fourth-order valence-electron chi connectivity index (χ4n) is 3.71. The van der Waals surface area contributed by atoms with Crippen molar-refractivity contribution >= 4 is 16.7 Å². The minimum Gasteiger partial charge on any atom is -0.507 e. The second-order valence-electron chi connectivity index (χ2n) is 6.67. The van der Waals surface area contributed by atoms with E-state index in [1.54, 1.807) is 18.4 Å². The van der Waals surface area contributed by atoms with Crippen molar-refractivity contribution in [3.05, 3.63) is 66.1 Å². The summed E-state index contributed by atoms with van der Waals surface area (Å²) < 4.78 is 5.45. The van der Waals surface area contributed by atoms with E-state index in [9.17, 15) is 9.90 Å². The van der Waals surface area contributed by atoms with E-state index in [2.05, 4.69) is 0 Å². The Morgan fingerprint density at radius 3 is 2.48 bits per heavy atom. The number of furan rings is 1. The molecule has 0 bridgehead atoms. The second kappa shape index (κ2) is 6.63. The summed E-state index contributed by atoms with van der Waals surface area (Å²) in [6.45, 7) is 0.433. The number of nitrogens with zero attached hydrogens (tertiary/aromatic N) is 1. The van der Waals surface area contributed by atoms with E-state index in [1.807, 2.05) is 41.3 Å². The molecule has 25 heavy (non-hydrogen) atoms. The molecule has 1 amide bonds. The van der Waals surface area contributed by atoms with Gasteiger partial charge in [-0.3, -0.25) is 4.79 Å². The van der Waals surface area contributed by atoms with Crippen molar-refractivity contribution in [1.82, 2.24) is 4.90 Å². The topological polar surface area (TPSA) is 53.7 Å². The monoisotopic (exact) mass is 335 g/mol. The standard InChI is InChI=1S/C21H21NO3/c23-20-13-16-7-2-1-6-15(16)12-19(20)21(24)22(17-8-3-4-9-17)14-18-10-5-11-25-18/h1-2,5-7,10-13,17,23H,3-4,8-9,14H2. The lowest BCUT2D eigenvalue weighted by Gasteiger charge is -2.28. The molecule has 0 aliphatic heterocycles. The van der Waals surface area contributed by atoms with Gasteiger partial charge in [0, 0.05) is 6.04 Å². The van der Waals surface area contributed by atoms with Crippen LogP contribution in [0.4, 0.5) is 0 Å². The van der Waals surface area contributed by atoms with Gasteiger partial charge in [-0.1, -0.05) is 37.1 Å². The van der Waals surface area contributed by atoms with Gasteiger partial charge in [-0.25, -0.2) is 0 Å². The molecule has 1 saturated carbocycles. The number of carbonyl (C=O) groups excluding carboxylic acids is 1. The number of aromatic hydroxyl groups is 1. The van der Waals surface area contributed by atoms with E-state index in [4.69, 9.17) is 4.42 Å². The Labute approximate surface area is 146 Å². The van der Waals surface area contributed by atoms with Crippen LogP contribution in [0.2, 0.25) is 0 Å². The van der Waals surface area contributed by atoms with Crippen LogP contribution in [0.3, 0.4) is 0 Å². The molecule has 3 aromatic rings. The number of hydrogen-bond acceptors (Lipinski definition) is 3. The molecule has 4 nitrogen and oxygen atoms in total. The first kappa shape index (κ1) is 15.8. The van der Waals surface area contributed by atoms with E-state index >= 15 is 0 Å². The Balaban J connectivity index is 1.71. The molecule has 4 rings (SSSR count). The van der Waals surface area contributed by atoms with Gasteiger partial charge in [-0.05, 0) is 47.9 Å². The molecule has 1 aliphatic rings. The van der Waals surface area contributed by atoms with Gasteiger partial charge in [0.05, 0.1) is 18.4 Å². The highest BCUT2D eigenvalue weighted by molar-refractivity contribution is 6.01. The Kier molecular flexibility index (Phi) is 4.18. The minimum atomic E-state index is -0.133. The Hall–Kier alpha value is -2.75. The quantitative estimate of drug-likeness (QED) is 0.750. The zero-order chi connectivity index (χ0) is 17.2. The van der Waals surface area contributed by atoms with Crippen molar-refractivity contribution in [2.75, 3.05) is 0 Å². The number of fused-ring (bicyclic) bond motifs is 1. The van der Waals surface area contributed by atoms with E-state index in [1.165, 1.54) is 0 Å². The fraction of sp³-hybridized carbons (Fsp3) is 0.286. The van der Waals surface area contributed by atoms with Crippen molar-refractivity contribution in [1.29, 1.82) is 0 Å². The van der Waals surface area contributed by atoms with Crippen LogP contribution in [0.25, 0.3) is 10.8 Å². The number of phenolic OH excluding ortho intramolecular Hbond substituents is 1. The highest BCUT2D eigenvalue weighted by Crippen LogP contribution is 2.31. The summed E-state index contributed by atoms with van der Waals surface area (Å²) in [4.78, 5) is 15.1. The van der Waals surface area contributed by atoms with Gasteiger partial charge in [-0.2, -0.15) is 0 Å². The number of hydrogen-bond donors (Lipinski definition) is 1. The Bertz CT molecular complexity index is 879. The molecule has 0 spiro atoms. The van der Waals surface area contributed by atoms with Crippen molar-refractivity contribution in [2.45, 2.75) is 38.3 Å². The minimum absolute atomic E-state index is 0.0335. The van der Waals surface area contributed by atoms with Crippen molar-refractivity contribution < 1.29 is 14.3 Å². The zero-order valence-corrected chi connectivity index (χ0v) is 14.0. The van der Waals surface area contributed by atoms with Gasteiger partial charge >= 0.3 is 0 Å². The highest BCUT2D eigenvalue weighted by atomic mass is 16.3. The predicted molar refractivity (Wildman–Crippen MR) is 96.5 cm³/mol. The molecule has 0 unspecified atom stereocenters. The molecule has 0 saturated heterocycles. The fourth-order valence-corrected chi connectivity index (χ4v) is 3.71.